The van der Waals surface area contributed by atoms with Gasteiger partial charge in [-0.25, -0.2) is 10.0 Å². The number of para-hydroxylation sites is 2. The molecule has 37 heavy (non-hydrogen) atoms. The summed E-state index contributed by atoms with van der Waals surface area (Å²) in [5.41, 5.74) is 8.31. The molecule has 0 atom stereocenters. The van der Waals surface area contributed by atoms with Crippen LogP contribution in [0.5, 0.6) is 0 Å². The van der Waals surface area contributed by atoms with Gasteiger partial charge in [-0.1, -0.05) is 97.2 Å². The van der Waals surface area contributed by atoms with Gasteiger partial charge < -0.3 is 0 Å². The predicted molar refractivity (Wildman–Crippen MR) is 155 cm³/mol. The van der Waals surface area contributed by atoms with E-state index in [0.717, 1.165) is 0 Å². The lowest BCUT2D eigenvalue weighted by Gasteiger charge is -2.27. The van der Waals surface area contributed by atoms with E-state index < -0.39 is 0 Å². The zero-order valence-corrected chi connectivity index (χ0v) is 21.4. The van der Waals surface area contributed by atoms with E-state index in [0.29, 0.717) is 32.5 Å². The van der Waals surface area contributed by atoms with Gasteiger partial charge in [0.1, 0.15) is 9.98 Å². The summed E-state index contributed by atoms with van der Waals surface area (Å²) in [6.45, 7) is 0. The first kappa shape index (κ1) is 25.7. The Bertz CT molecular complexity index is 1260. The molecule has 0 saturated carbocycles. The Hall–Kier alpha value is -4.40. The Morgan fingerprint density at radius 2 is 0.811 bits per heavy atom. The van der Waals surface area contributed by atoms with Crippen molar-refractivity contribution in [2.75, 3.05) is 10.0 Å². The lowest BCUT2D eigenvalue weighted by Crippen LogP contribution is -2.49. The molecule has 0 heterocycles. The molecular formula is C29H24N4O2S2. The number of rotatable bonds is 6. The highest BCUT2D eigenvalue weighted by Crippen LogP contribution is 2.17. The Morgan fingerprint density at radius 1 is 0.514 bits per heavy atom. The monoisotopic (exact) mass is 524 g/mol. The van der Waals surface area contributed by atoms with Crippen LogP contribution < -0.4 is 20.9 Å². The molecule has 0 aromatic heterocycles. The molecule has 4 aromatic carbocycles. The first-order valence-electron chi connectivity index (χ1n) is 11.5. The van der Waals surface area contributed by atoms with E-state index in [2.05, 4.69) is 10.9 Å². The van der Waals surface area contributed by atoms with Crippen LogP contribution in [0.4, 0.5) is 11.4 Å². The van der Waals surface area contributed by atoms with E-state index in [-0.39, 0.29) is 18.2 Å². The van der Waals surface area contributed by atoms with E-state index in [4.69, 9.17) is 24.4 Å². The van der Waals surface area contributed by atoms with Crippen molar-refractivity contribution in [3.63, 3.8) is 0 Å². The highest BCUT2D eigenvalue weighted by Gasteiger charge is 2.22. The molecule has 8 heteroatoms. The zero-order chi connectivity index (χ0) is 26.0. The minimum absolute atomic E-state index is 0.113. The topological polar surface area (TPSA) is 64.7 Å². The Morgan fingerprint density at radius 3 is 1.14 bits per heavy atom. The molecule has 0 fully saturated rings. The molecule has 0 aliphatic carbocycles. The fourth-order valence-corrected chi connectivity index (χ4v) is 4.08. The van der Waals surface area contributed by atoms with Crippen molar-refractivity contribution in [3.05, 3.63) is 132 Å². The van der Waals surface area contributed by atoms with Crippen LogP contribution in [0.25, 0.3) is 0 Å². The van der Waals surface area contributed by atoms with Crippen LogP contribution in [0.2, 0.25) is 0 Å². The van der Waals surface area contributed by atoms with Gasteiger partial charge in [0.05, 0.1) is 17.8 Å². The fraction of sp³-hybridized carbons (Fsp3) is 0.0345. The van der Waals surface area contributed by atoms with Crippen LogP contribution in [0, 0.1) is 0 Å². The lowest BCUT2D eigenvalue weighted by atomic mass is 10.2. The molecule has 0 spiro atoms. The molecule has 2 amide bonds. The van der Waals surface area contributed by atoms with Crippen molar-refractivity contribution >= 4 is 57.6 Å². The summed E-state index contributed by atoms with van der Waals surface area (Å²) in [7, 11) is 0. The molecule has 2 N–H and O–H groups in total. The SMILES string of the molecule is O=C(c1ccccc1)N(NC(=S)CC(=S)NN(C(=O)c1ccccc1)c1ccccc1)c1ccccc1. The Kier molecular flexibility index (Phi) is 8.70. The lowest BCUT2D eigenvalue weighted by molar-refractivity contribution is 0.0973. The molecule has 0 aliphatic rings. The molecule has 0 aliphatic heterocycles. The number of nitrogens with one attached hydrogen (secondary N) is 2. The molecule has 0 saturated heterocycles. The highest BCUT2D eigenvalue weighted by atomic mass is 32.1. The first-order chi connectivity index (χ1) is 18.0. The van der Waals surface area contributed by atoms with Gasteiger partial charge in [-0.2, -0.15) is 0 Å². The maximum atomic E-state index is 13.3. The summed E-state index contributed by atoms with van der Waals surface area (Å²) in [5.74, 6) is -0.531. The van der Waals surface area contributed by atoms with Crippen molar-refractivity contribution in [1.29, 1.82) is 0 Å². The second-order valence-corrected chi connectivity index (χ2v) is 8.92. The van der Waals surface area contributed by atoms with E-state index >= 15 is 0 Å². The number of hydrogen-bond acceptors (Lipinski definition) is 4. The third-order valence-corrected chi connectivity index (χ3v) is 5.74. The summed E-state index contributed by atoms with van der Waals surface area (Å²) < 4.78 is 0. The summed E-state index contributed by atoms with van der Waals surface area (Å²) in [5, 5.41) is 2.79. The van der Waals surface area contributed by atoms with Crippen molar-refractivity contribution in [3.8, 4) is 0 Å². The molecule has 4 aromatic rings. The Balaban J connectivity index is 1.50. The van der Waals surface area contributed by atoms with Gasteiger partial charge in [-0.05, 0) is 48.5 Å². The number of carbonyl (C=O) groups is 2. The smallest absolute Gasteiger partial charge is 0.276 e. The molecular weight excluding hydrogens is 500 g/mol. The predicted octanol–water partition coefficient (Wildman–Crippen LogP) is 5.73. The van der Waals surface area contributed by atoms with Gasteiger partial charge in [-0.15, -0.1) is 0 Å². The number of benzene rings is 4. The normalized spacial score (nSPS) is 10.2. The number of nitrogens with zero attached hydrogens (tertiary/aromatic N) is 2. The molecule has 4 rings (SSSR count). The first-order valence-corrected chi connectivity index (χ1v) is 12.3. The number of amides is 2. The molecule has 184 valence electrons. The van der Waals surface area contributed by atoms with Crippen LogP contribution in [0.1, 0.15) is 27.1 Å². The maximum absolute atomic E-state index is 13.3. The summed E-state index contributed by atoms with van der Waals surface area (Å²) in [6, 6.07) is 36.2. The molecule has 0 unspecified atom stereocenters. The molecule has 0 radical (unpaired) electrons. The van der Waals surface area contributed by atoms with Crippen LogP contribution in [-0.2, 0) is 0 Å². The highest BCUT2D eigenvalue weighted by molar-refractivity contribution is 7.82. The van der Waals surface area contributed by atoms with Crippen molar-refractivity contribution in [2.24, 2.45) is 0 Å². The van der Waals surface area contributed by atoms with Gasteiger partial charge in [0.25, 0.3) is 11.8 Å². The minimum atomic E-state index is -0.266. The van der Waals surface area contributed by atoms with Crippen LogP contribution in [-0.4, -0.2) is 21.8 Å². The van der Waals surface area contributed by atoms with Gasteiger partial charge in [0.2, 0.25) is 0 Å². The Labute approximate surface area is 226 Å². The third kappa shape index (κ3) is 6.84. The summed E-state index contributed by atoms with van der Waals surface area (Å²) in [4.78, 5) is 27.2. The van der Waals surface area contributed by atoms with Crippen LogP contribution in [0.3, 0.4) is 0 Å². The second kappa shape index (κ2) is 12.5. The zero-order valence-electron chi connectivity index (χ0n) is 19.8. The standard InChI is InChI=1S/C29H24N4O2S2/c34-28(22-13-5-1-6-14-22)32(24-17-9-3-10-18-24)30-26(36)21-27(37)31-33(25-19-11-4-12-20-25)29(35)23-15-7-2-8-16-23/h1-20H,21H2,(H,30,36)(H,31,37). The van der Waals surface area contributed by atoms with Gasteiger partial charge in [0, 0.05) is 11.1 Å². The quantitative estimate of drug-likeness (QED) is 0.248. The van der Waals surface area contributed by atoms with Crippen LogP contribution in [0.15, 0.2) is 121 Å². The van der Waals surface area contributed by atoms with Gasteiger partial charge in [-0.3, -0.25) is 20.4 Å². The number of hydrazine groups is 2. The maximum Gasteiger partial charge on any atom is 0.276 e. The number of anilines is 2. The van der Waals surface area contributed by atoms with Crippen molar-refractivity contribution in [1.82, 2.24) is 10.9 Å². The molecule has 0 bridgehead atoms. The summed E-state index contributed by atoms with van der Waals surface area (Å²) >= 11 is 11.1. The van der Waals surface area contributed by atoms with Gasteiger partial charge in [0.15, 0.2) is 0 Å². The van der Waals surface area contributed by atoms with E-state index in [1.807, 2.05) is 72.8 Å². The van der Waals surface area contributed by atoms with E-state index in [1.54, 1.807) is 48.5 Å². The number of hydrogen-bond donors (Lipinski definition) is 2. The number of thiocarbonyl (C=S) groups is 2. The van der Waals surface area contributed by atoms with Crippen molar-refractivity contribution in [2.45, 2.75) is 6.42 Å². The third-order valence-electron chi connectivity index (χ3n) is 5.27. The number of carbonyl (C=O) groups excluding carboxylic acids is 2. The average Bonchev–Trinajstić information content (AvgIpc) is 2.96. The largest absolute Gasteiger partial charge is 0.284 e. The van der Waals surface area contributed by atoms with E-state index in [9.17, 15) is 9.59 Å². The molecule has 6 nitrogen and oxygen atoms in total. The summed E-state index contributed by atoms with van der Waals surface area (Å²) in [6.07, 6.45) is 0.113. The second-order valence-electron chi connectivity index (χ2n) is 7.93. The van der Waals surface area contributed by atoms with Crippen LogP contribution >= 0.6 is 24.4 Å². The van der Waals surface area contributed by atoms with Gasteiger partial charge >= 0.3 is 0 Å². The fourth-order valence-electron chi connectivity index (χ4n) is 3.51. The average molecular weight is 525 g/mol. The van der Waals surface area contributed by atoms with E-state index in [1.165, 1.54) is 10.0 Å². The minimum Gasteiger partial charge on any atom is -0.284 e. The van der Waals surface area contributed by atoms with Crippen molar-refractivity contribution < 1.29 is 9.59 Å².